The largest absolute Gasteiger partial charge is 0.480 e. The molecule has 30 heavy (non-hydrogen) atoms. The Labute approximate surface area is 179 Å². The Hall–Kier alpha value is -2.13. The molecule has 0 aliphatic carbocycles. The van der Waals surface area contributed by atoms with Crippen LogP contribution in [0.3, 0.4) is 0 Å². The van der Waals surface area contributed by atoms with E-state index in [4.69, 9.17) is 25.4 Å². The summed E-state index contributed by atoms with van der Waals surface area (Å²) in [6, 6.07) is 3.56. The molecule has 0 unspecified atom stereocenters. The Bertz CT molecular complexity index is 978. The predicted octanol–water partition coefficient (Wildman–Crippen LogP) is 3.65. The monoisotopic (exact) mass is 461 g/mol. The number of aromatic nitrogens is 2. The molecule has 0 aliphatic rings. The molecule has 1 heterocycles. The van der Waals surface area contributed by atoms with Crippen molar-refractivity contribution in [2.75, 3.05) is 14.2 Å². The van der Waals surface area contributed by atoms with Gasteiger partial charge < -0.3 is 28.8 Å². The van der Waals surface area contributed by atoms with Gasteiger partial charge in [0.15, 0.2) is 0 Å². The minimum atomic E-state index is -3.52. The molecule has 10 nitrogen and oxygen atoms in total. The highest BCUT2D eigenvalue weighted by molar-refractivity contribution is 7.52. The van der Waals surface area contributed by atoms with Crippen LogP contribution in [0, 0.1) is 0 Å². The zero-order valence-corrected chi connectivity index (χ0v) is 19.0. The minimum absolute atomic E-state index is 0.200. The molecule has 1 amide bonds. The number of carboxylic acids is 1. The number of hydrogen-bond acceptors (Lipinski definition) is 7. The van der Waals surface area contributed by atoms with Gasteiger partial charge in [-0.25, -0.2) is 14.6 Å². The van der Waals surface area contributed by atoms with Gasteiger partial charge in [-0.05, 0) is 39.0 Å². The maximum atomic E-state index is 12.7. The van der Waals surface area contributed by atoms with Crippen molar-refractivity contribution in [2.24, 2.45) is 0 Å². The highest BCUT2D eigenvalue weighted by atomic mass is 35.5. The number of carbonyl (C=O) groups is 2. The minimum Gasteiger partial charge on any atom is -0.480 e. The molecule has 1 aromatic carbocycles. The third kappa shape index (κ3) is 6.18. The Balaban J connectivity index is 2.43. The number of amides is 1. The maximum Gasteiger partial charge on any atom is 0.408 e. The van der Waals surface area contributed by atoms with Crippen molar-refractivity contribution in [3.05, 3.63) is 29.0 Å². The number of halogens is 1. The number of benzene rings is 1. The first-order valence-corrected chi connectivity index (χ1v) is 11.1. The number of fused-ring (bicyclic) bond motifs is 1. The summed E-state index contributed by atoms with van der Waals surface area (Å²) in [7, 11) is -1.02. The SMILES string of the molecule is COP(=O)(Cn1c(C[C@@H](NC(=O)OC(C)(C)C)C(=O)O)nc2ccc(Cl)cc21)OC. The fourth-order valence-corrected chi connectivity index (χ4v) is 3.86. The number of carboxylic acid groups (broad SMARTS) is 1. The summed E-state index contributed by atoms with van der Waals surface area (Å²) in [4.78, 5) is 28.2. The van der Waals surface area contributed by atoms with E-state index in [1.807, 2.05) is 0 Å². The van der Waals surface area contributed by atoms with Gasteiger partial charge in [0.1, 0.15) is 23.8 Å². The third-order valence-corrected chi connectivity index (χ3v) is 6.01. The molecule has 0 spiro atoms. The second-order valence-corrected chi connectivity index (χ2v) is 10.1. The fraction of sp³-hybridized carbons (Fsp3) is 0.500. The lowest BCUT2D eigenvalue weighted by molar-refractivity contribution is -0.139. The van der Waals surface area contributed by atoms with Gasteiger partial charge in [0.2, 0.25) is 0 Å². The van der Waals surface area contributed by atoms with E-state index >= 15 is 0 Å². The quantitative estimate of drug-likeness (QED) is 0.570. The van der Waals surface area contributed by atoms with Crippen molar-refractivity contribution < 1.29 is 33.0 Å². The predicted molar refractivity (Wildman–Crippen MR) is 111 cm³/mol. The molecule has 0 fully saturated rings. The lowest BCUT2D eigenvalue weighted by atomic mass is 10.2. The molecule has 0 radical (unpaired) electrons. The van der Waals surface area contributed by atoms with Crippen LogP contribution in [-0.2, 0) is 35.9 Å². The van der Waals surface area contributed by atoms with E-state index in [2.05, 4.69) is 10.3 Å². The van der Waals surface area contributed by atoms with Crippen molar-refractivity contribution in [1.82, 2.24) is 14.9 Å². The zero-order chi connectivity index (χ0) is 22.7. The molecule has 2 N–H and O–H groups in total. The van der Waals surface area contributed by atoms with Gasteiger partial charge in [-0.1, -0.05) is 11.6 Å². The van der Waals surface area contributed by atoms with E-state index in [-0.39, 0.29) is 18.5 Å². The molecule has 2 rings (SSSR count). The zero-order valence-electron chi connectivity index (χ0n) is 17.3. The highest BCUT2D eigenvalue weighted by Gasteiger charge is 2.29. The average Bonchev–Trinajstić information content (AvgIpc) is 2.95. The van der Waals surface area contributed by atoms with Crippen LogP contribution in [0.5, 0.6) is 0 Å². The molecule has 0 saturated carbocycles. The number of carbonyl (C=O) groups excluding carboxylic acids is 1. The molecular formula is C18H25ClN3O7P. The Morgan fingerprint density at radius 2 is 1.93 bits per heavy atom. The molecule has 166 valence electrons. The van der Waals surface area contributed by atoms with Crippen LogP contribution in [0.15, 0.2) is 18.2 Å². The summed E-state index contributed by atoms with van der Waals surface area (Å²) in [5.41, 5.74) is 0.239. The third-order valence-electron chi connectivity index (χ3n) is 4.04. The summed E-state index contributed by atoms with van der Waals surface area (Å²) in [6.45, 7) is 5.00. The van der Waals surface area contributed by atoms with Crippen LogP contribution in [0.25, 0.3) is 11.0 Å². The summed E-state index contributed by atoms with van der Waals surface area (Å²) >= 11 is 6.09. The lowest BCUT2D eigenvalue weighted by Crippen LogP contribution is -2.45. The Morgan fingerprint density at radius 3 is 2.47 bits per heavy atom. The standard InChI is InChI=1S/C18H25ClN3O7P/c1-18(2,3)29-17(25)21-13(16(23)24)9-15-20-12-7-6-11(19)8-14(12)22(15)10-30(26,27-4)28-5/h6-8,13H,9-10H2,1-5H3,(H,21,25)(H,23,24)/t13-/m1/s1. The number of hydrogen-bond donors (Lipinski definition) is 2. The molecule has 12 heteroatoms. The first kappa shape index (κ1) is 24.1. The normalized spacial score (nSPS) is 13.3. The van der Waals surface area contributed by atoms with Gasteiger partial charge in [-0.15, -0.1) is 0 Å². The molecule has 1 atom stereocenters. The Kier molecular flexibility index (Phi) is 7.52. The van der Waals surface area contributed by atoms with Crippen LogP contribution in [0.1, 0.15) is 26.6 Å². The number of alkyl carbamates (subject to hydrolysis) is 1. The van der Waals surface area contributed by atoms with Gasteiger partial charge in [0.05, 0.1) is 11.0 Å². The highest BCUT2D eigenvalue weighted by Crippen LogP contribution is 2.49. The van der Waals surface area contributed by atoms with Gasteiger partial charge >= 0.3 is 19.7 Å². The van der Waals surface area contributed by atoms with Gasteiger partial charge in [0.25, 0.3) is 0 Å². The van der Waals surface area contributed by atoms with E-state index in [1.54, 1.807) is 39.0 Å². The van der Waals surface area contributed by atoms with Gasteiger partial charge in [0, 0.05) is 25.7 Å². The number of ether oxygens (including phenoxy) is 1. The molecular weight excluding hydrogens is 437 g/mol. The van der Waals surface area contributed by atoms with Gasteiger partial charge in [-0.3, -0.25) is 4.57 Å². The van der Waals surface area contributed by atoms with E-state index in [0.717, 1.165) is 0 Å². The maximum absolute atomic E-state index is 12.7. The first-order chi connectivity index (χ1) is 13.9. The van der Waals surface area contributed by atoms with Crippen LogP contribution >= 0.6 is 19.2 Å². The summed E-state index contributed by atoms with van der Waals surface area (Å²) < 4.78 is 29.4. The molecule has 0 bridgehead atoms. The van der Waals surface area contributed by atoms with Crippen LogP contribution in [0.4, 0.5) is 4.79 Å². The fourth-order valence-electron chi connectivity index (χ4n) is 2.66. The summed E-state index contributed by atoms with van der Waals surface area (Å²) in [5, 5.41) is 12.3. The Morgan fingerprint density at radius 1 is 1.30 bits per heavy atom. The van der Waals surface area contributed by atoms with Crippen molar-refractivity contribution in [3.63, 3.8) is 0 Å². The van der Waals surface area contributed by atoms with Crippen molar-refractivity contribution >= 4 is 42.3 Å². The number of rotatable bonds is 8. The second kappa shape index (κ2) is 9.34. The summed E-state index contributed by atoms with van der Waals surface area (Å²) in [6.07, 6.45) is -1.29. The van der Waals surface area contributed by atoms with E-state index in [9.17, 15) is 19.3 Å². The van der Waals surface area contributed by atoms with Gasteiger partial charge in [-0.2, -0.15) is 0 Å². The summed E-state index contributed by atoms with van der Waals surface area (Å²) in [5.74, 6) is -1.02. The molecule has 0 aliphatic heterocycles. The number of aliphatic carboxylic acids is 1. The molecule has 0 saturated heterocycles. The van der Waals surface area contributed by atoms with Crippen LogP contribution in [0.2, 0.25) is 5.02 Å². The molecule has 2 aromatic rings. The first-order valence-electron chi connectivity index (χ1n) is 8.95. The van der Waals surface area contributed by atoms with Crippen molar-refractivity contribution in [2.45, 2.75) is 45.1 Å². The second-order valence-electron chi connectivity index (χ2n) is 7.45. The average molecular weight is 462 g/mol. The smallest absolute Gasteiger partial charge is 0.408 e. The van der Waals surface area contributed by atoms with Crippen molar-refractivity contribution in [1.29, 1.82) is 0 Å². The number of nitrogens with zero attached hydrogens (tertiary/aromatic N) is 2. The van der Waals surface area contributed by atoms with E-state index in [1.165, 1.54) is 18.8 Å². The number of imidazole rings is 1. The lowest BCUT2D eigenvalue weighted by Gasteiger charge is -2.22. The topological polar surface area (TPSA) is 129 Å². The molecule has 1 aromatic heterocycles. The van der Waals surface area contributed by atoms with Crippen molar-refractivity contribution in [3.8, 4) is 0 Å². The van der Waals surface area contributed by atoms with Crippen LogP contribution < -0.4 is 5.32 Å². The van der Waals surface area contributed by atoms with Crippen LogP contribution in [-0.4, -0.2) is 52.6 Å². The number of nitrogens with one attached hydrogen (secondary N) is 1. The van der Waals surface area contributed by atoms with E-state index in [0.29, 0.717) is 16.1 Å². The van der Waals surface area contributed by atoms with E-state index < -0.39 is 31.3 Å².